The molecule has 0 radical (unpaired) electrons. The van der Waals surface area contributed by atoms with E-state index in [1.807, 2.05) is 6.07 Å². The average Bonchev–Trinajstić information content (AvgIpc) is 3.52. The van der Waals surface area contributed by atoms with Gasteiger partial charge >= 0.3 is 0 Å². The zero-order valence-electron chi connectivity index (χ0n) is 17.7. The molecule has 4 aliphatic rings. The van der Waals surface area contributed by atoms with Gasteiger partial charge in [-0.2, -0.15) is 0 Å². The lowest BCUT2D eigenvalue weighted by atomic mass is 9.52. The summed E-state index contributed by atoms with van der Waals surface area (Å²) in [5.74, 6) is 1.45. The minimum Gasteiger partial charge on any atom is -0.508 e. The Bertz CT molecular complexity index is 1250. The number of aromatic amines is 1. The van der Waals surface area contributed by atoms with E-state index in [4.69, 9.17) is 0 Å². The number of phenols is 1. The Balaban J connectivity index is 1.51. The van der Waals surface area contributed by atoms with E-state index in [1.54, 1.807) is 12.1 Å². The molecule has 1 saturated heterocycles. The number of benzene rings is 1. The van der Waals surface area contributed by atoms with Gasteiger partial charge in [-0.05, 0) is 91.8 Å². The van der Waals surface area contributed by atoms with Crippen LogP contribution in [-0.4, -0.2) is 48.8 Å². The second-order valence-corrected chi connectivity index (χ2v) is 12.2. The molecule has 1 saturated carbocycles. The fourth-order valence-electron chi connectivity index (χ4n) is 6.62. The van der Waals surface area contributed by atoms with E-state index in [2.05, 4.69) is 16.0 Å². The van der Waals surface area contributed by atoms with E-state index in [9.17, 15) is 18.3 Å². The lowest BCUT2D eigenvalue weighted by Gasteiger charge is -2.59. The first-order valence-electron chi connectivity index (χ1n) is 11.3. The molecular formula is C24H28N2O4S. The van der Waals surface area contributed by atoms with Crippen LogP contribution < -0.4 is 5.56 Å². The zero-order valence-corrected chi connectivity index (χ0v) is 18.5. The molecule has 2 N–H and O–H groups in total. The largest absolute Gasteiger partial charge is 0.508 e. The molecule has 2 bridgehead atoms. The number of aromatic hydroxyl groups is 1. The van der Waals surface area contributed by atoms with E-state index in [0.29, 0.717) is 18.4 Å². The molecule has 6 nitrogen and oxygen atoms in total. The van der Waals surface area contributed by atoms with Crippen molar-refractivity contribution in [1.29, 1.82) is 0 Å². The van der Waals surface area contributed by atoms with Crippen LogP contribution in [0.4, 0.5) is 0 Å². The molecule has 1 aromatic carbocycles. The standard InChI is InChI=1S/C24H28N2O4S/c1-31(29,30)22-10-16-8-19-21-9-15-4-5-17(27)11-18(15)24(19,12-20(16)25-23(22)28)6-7-26(21)13-14-2-3-14/h4-5,10-11,14,19,21,27H,2-3,6-9,12-13H2,1H3,(H,25,28)/t19-,21+,24+/m0/s1. The van der Waals surface area contributed by atoms with Crippen molar-refractivity contribution in [2.75, 3.05) is 19.3 Å². The summed E-state index contributed by atoms with van der Waals surface area (Å²) in [6, 6.07) is 7.82. The van der Waals surface area contributed by atoms with Crippen LogP contribution in [0.15, 0.2) is 34.0 Å². The van der Waals surface area contributed by atoms with Gasteiger partial charge in [0.15, 0.2) is 9.84 Å². The third kappa shape index (κ3) is 3.00. The molecule has 7 heteroatoms. The molecular weight excluding hydrogens is 412 g/mol. The predicted octanol–water partition coefficient (Wildman–Crippen LogP) is 2.18. The van der Waals surface area contributed by atoms with E-state index < -0.39 is 15.4 Å². The maximum atomic E-state index is 12.6. The van der Waals surface area contributed by atoms with Crippen LogP contribution in [-0.2, 0) is 34.5 Å². The summed E-state index contributed by atoms with van der Waals surface area (Å²) in [5.41, 5.74) is 3.70. The number of likely N-dealkylation sites (tertiary alicyclic amines) is 1. The Hall–Kier alpha value is -2.12. The lowest BCUT2D eigenvalue weighted by Crippen LogP contribution is -2.63. The molecule has 31 heavy (non-hydrogen) atoms. The quantitative estimate of drug-likeness (QED) is 0.764. The van der Waals surface area contributed by atoms with Gasteiger partial charge in [-0.1, -0.05) is 6.07 Å². The summed E-state index contributed by atoms with van der Waals surface area (Å²) in [6.45, 7) is 2.19. The highest BCUT2D eigenvalue weighted by atomic mass is 32.2. The Labute approximate surface area is 182 Å². The molecule has 2 fully saturated rings. The first kappa shape index (κ1) is 19.6. The first-order chi connectivity index (χ1) is 14.7. The van der Waals surface area contributed by atoms with Gasteiger partial charge < -0.3 is 10.1 Å². The number of sulfone groups is 1. The summed E-state index contributed by atoms with van der Waals surface area (Å²) in [4.78, 5) is 18.0. The van der Waals surface area contributed by atoms with Gasteiger partial charge in [-0.25, -0.2) is 8.42 Å². The smallest absolute Gasteiger partial charge is 0.266 e. The molecule has 1 aromatic heterocycles. The second-order valence-electron chi connectivity index (χ2n) is 10.2. The number of phenolic OH excluding ortho intramolecular Hbond substituents is 1. The molecule has 3 aliphatic carbocycles. The Morgan fingerprint density at radius 2 is 2.00 bits per heavy atom. The van der Waals surface area contributed by atoms with Gasteiger partial charge in [-0.15, -0.1) is 0 Å². The maximum absolute atomic E-state index is 12.6. The van der Waals surface area contributed by atoms with Crippen molar-refractivity contribution < 1.29 is 13.5 Å². The zero-order chi connectivity index (χ0) is 21.5. The van der Waals surface area contributed by atoms with Crippen LogP contribution in [0.5, 0.6) is 5.75 Å². The summed E-state index contributed by atoms with van der Waals surface area (Å²) in [6.07, 6.45) is 7.15. The highest BCUT2D eigenvalue weighted by Crippen LogP contribution is 2.55. The fourth-order valence-corrected chi connectivity index (χ4v) is 7.36. The SMILES string of the molecule is CS(=O)(=O)c1cc2c([nH]c1=O)C[C@]13CCN(CC4CC4)[C@H](Cc4ccc(O)cc41)[C@@H]3C2. The Morgan fingerprint density at radius 3 is 2.74 bits per heavy atom. The number of pyridine rings is 1. The van der Waals surface area contributed by atoms with E-state index in [-0.39, 0.29) is 16.1 Å². The molecule has 0 spiro atoms. The number of hydrogen-bond donors (Lipinski definition) is 2. The molecule has 2 heterocycles. The third-order valence-corrected chi connectivity index (χ3v) is 9.35. The monoisotopic (exact) mass is 440 g/mol. The highest BCUT2D eigenvalue weighted by Gasteiger charge is 2.55. The Kier molecular flexibility index (Phi) is 4.07. The predicted molar refractivity (Wildman–Crippen MR) is 117 cm³/mol. The van der Waals surface area contributed by atoms with Gasteiger partial charge in [0, 0.05) is 30.0 Å². The molecule has 3 atom stereocenters. The van der Waals surface area contributed by atoms with Crippen LogP contribution >= 0.6 is 0 Å². The van der Waals surface area contributed by atoms with Crippen LogP contribution in [0.25, 0.3) is 0 Å². The van der Waals surface area contributed by atoms with E-state index in [0.717, 1.165) is 55.8 Å². The number of H-pyrrole nitrogens is 1. The maximum Gasteiger partial charge on any atom is 0.266 e. The van der Waals surface area contributed by atoms with Crippen molar-refractivity contribution in [2.24, 2.45) is 11.8 Å². The van der Waals surface area contributed by atoms with E-state index in [1.165, 1.54) is 24.0 Å². The summed E-state index contributed by atoms with van der Waals surface area (Å²) in [7, 11) is -3.58. The van der Waals surface area contributed by atoms with Crippen molar-refractivity contribution in [3.63, 3.8) is 0 Å². The summed E-state index contributed by atoms with van der Waals surface area (Å²) >= 11 is 0. The van der Waals surface area contributed by atoms with Crippen LogP contribution in [0, 0.1) is 11.8 Å². The molecule has 0 amide bonds. The van der Waals surface area contributed by atoms with Gasteiger partial charge in [0.2, 0.25) is 0 Å². The van der Waals surface area contributed by atoms with Gasteiger partial charge in [0.1, 0.15) is 10.6 Å². The topological polar surface area (TPSA) is 90.5 Å². The van der Waals surface area contributed by atoms with Crippen molar-refractivity contribution in [1.82, 2.24) is 9.88 Å². The fraction of sp³-hybridized carbons (Fsp3) is 0.542. The van der Waals surface area contributed by atoms with Gasteiger partial charge in [0.05, 0.1) is 0 Å². The van der Waals surface area contributed by atoms with E-state index >= 15 is 0 Å². The highest BCUT2D eigenvalue weighted by molar-refractivity contribution is 7.90. The average molecular weight is 441 g/mol. The van der Waals surface area contributed by atoms with Crippen molar-refractivity contribution >= 4 is 9.84 Å². The number of hydrogen-bond acceptors (Lipinski definition) is 5. The lowest BCUT2D eigenvalue weighted by molar-refractivity contribution is 0.00453. The second kappa shape index (κ2) is 6.45. The van der Waals surface area contributed by atoms with Crippen LogP contribution in [0.2, 0.25) is 0 Å². The molecule has 2 aromatic rings. The first-order valence-corrected chi connectivity index (χ1v) is 13.2. The van der Waals surface area contributed by atoms with Crippen molar-refractivity contribution in [2.45, 2.75) is 54.9 Å². The number of fused-ring (bicyclic) bond motifs is 2. The van der Waals surface area contributed by atoms with Gasteiger partial charge in [-0.3, -0.25) is 9.69 Å². The molecule has 6 rings (SSSR count). The van der Waals surface area contributed by atoms with Crippen LogP contribution in [0.1, 0.15) is 41.6 Å². The van der Waals surface area contributed by atoms with Gasteiger partial charge in [0.25, 0.3) is 5.56 Å². The normalized spacial score (nSPS) is 29.7. The number of piperidine rings is 1. The summed E-state index contributed by atoms with van der Waals surface area (Å²) in [5, 5.41) is 10.3. The van der Waals surface area contributed by atoms with Crippen LogP contribution in [0.3, 0.4) is 0 Å². The van der Waals surface area contributed by atoms with Crippen molar-refractivity contribution in [3.8, 4) is 5.75 Å². The summed E-state index contributed by atoms with van der Waals surface area (Å²) < 4.78 is 24.3. The van der Waals surface area contributed by atoms with Crippen molar-refractivity contribution in [3.05, 3.63) is 57.0 Å². The number of rotatable bonds is 3. The molecule has 164 valence electrons. The number of aromatic nitrogens is 1. The Morgan fingerprint density at radius 1 is 1.19 bits per heavy atom. The molecule has 0 unspecified atom stereocenters. The molecule has 1 aliphatic heterocycles. The third-order valence-electron chi connectivity index (χ3n) is 8.25. The number of nitrogens with zero attached hydrogens (tertiary/aromatic N) is 1. The number of nitrogens with one attached hydrogen (secondary N) is 1. The minimum atomic E-state index is -3.58. The minimum absolute atomic E-state index is 0.125.